The normalized spacial score (nSPS) is 34.8. The number of aromatic nitrogens is 3. The maximum atomic E-state index is 14.4. The monoisotopic (exact) mass is 950 g/mol. The third-order valence-electron chi connectivity index (χ3n) is 14.3. The van der Waals surface area contributed by atoms with E-state index in [0.29, 0.717) is 31.5 Å². The lowest BCUT2D eigenvalue weighted by Gasteiger charge is -2.47. The highest BCUT2D eigenvalue weighted by atomic mass is 32.2. The summed E-state index contributed by atoms with van der Waals surface area (Å²) in [5.74, 6) is 1.19. The Bertz CT molecular complexity index is 2130. The first-order valence-corrected chi connectivity index (χ1v) is 24.8. The van der Waals surface area contributed by atoms with Crippen molar-refractivity contribution in [2.75, 3.05) is 33.6 Å². The average Bonchev–Trinajstić information content (AvgIpc) is 3.76. The van der Waals surface area contributed by atoms with E-state index in [-0.39, 0.29) is 36.4 Å². The number of halogens is 1. The van der Waals surface area contributed by atoms with E-state index in [1.165, 1.54) is 30.8 Å². The summed E-state index contributed by atoms with van der Waals surface area (Å²) in [6.07, 6.45) is -0.955. The van der Waals surface area contributed by atoms with Crippen molar-refractivity contribution in [3.05, 3.63) is 41.7 Å². The highest BCUT2D eigenvalue weighted by Crippen LogP contribution is 2.40. The van der Waals surface area contributed by atoms with Crippen LogP contribution in [0.25, 0.3) is 0 Å². The smallest absolute Gasteiger partial charge is 0.425 e. The Hall–Kier alpha value is -3.92. The van der Waals surface area contributed by atoms with Gasteiger partial charge in [-0.05, 0) is 84.5 Å². The molecule has 2 aromatic rings. The molecule has 18 nitrogen and oxygen atoms in total. The van der Waals surface area contributed by atoms with Crippen molar-refractivity contribution in [2.45, 2.75) is 165 Å². The quantitative estimate of drug-likeness (QED) is 0.124. The number of methoxy groups -OCH3 is 1. The Morgan fingerprint density at radius 1 is 1.06 bits per heavy atom. The summed E-state index contributed by atoms with van der Waals surface area (Å²) in [5.41, 5.74) is -1.24. The molecule has 4 heterocycles. The number of aliphatic hydroxyl groups excluding tert-OH is 1. The number of hydrazine groups is 1. The average molecular weight is 951 g/mol. The van der Waals surface area contributed by atoms with Gasteiger partial charge >= 0.3 is 12.1 Å². The van der Waals surface area contributed by atoms with Crippen LogP contribution in [0.4, 0.5) is 9.18 Å². The van der Waals surface area contributed by atoms with Gasteiger partial charge in [0.25, 0.3) is 0 Å². The Kier molecular flexibility index (Phi) is 17.3. The maximum absolute atomic E-state index is 14.4. The van der Waals surface area contributed by atoms with Gasteiger partial charge in [0.2, 0.25) is 0 Å². The molecule has 3 saturated heterocycles. The minimum atomic E-state index is -3.37. The van der Waals surface area contributed by atoms with E-state index in [0.717, 1.165) is 16.8 Å². The predicted molar refractivity (Wildman–Crippen MR) is 239 cm³/mol. The van der Waals surface area contributed by atoms with Gasteiger partial charge in [0.15, 0.2) is 21.9 Å². The number of carbonyl (C=O) groups excluding carboxylic acids is 4. The van der Waals surface area contributed by atoms with Gasteiger partial charge in [0.1, 0.15) is 36.2 Å². The molecule has 3 aliphatic rings. The van der Waals surface area contributed by atoms with Crippen LogP contribution in [-0.2, 0) is 60.7 Å². The lowest BCUT2D eigenvalue weighted by molar-refractivity contribution is -0.295. The Morgan fingerprint density at radius 2 is 1.73 bits per heavy atom. The first kappa shape index (κ1) is 53.0. The molecular formula is C46H71FN6O12S. The number of amides is 1. The number of benzene rings is 1. The fourth-order valence-corrected chi connectivity index (χ4v) is 10.3. The third-order valence-corrected chi connectivity index (χ3v) is 15.4. The molecule has 0 spiro atoms. The zero-order chi connectivity index (χ0) is 49.1. The van der Waals surface area contributed by atoms with Crippen LogP contribution < -0.4 is 5.84 Å². The Morgan fingerprint density at radius 3 is 2.33 bits per heavy atom. The lowest BCUT2D eigenvalue weighted by Crippen LogP contribution is -2.63. The first-order valence-electron chi connectivity index (χ1n) is 22.9. The highest BCUT2D eigenvalue weighted by molar-refractivity contribution is 7.90. The number of ketones is 2. The molecule has 1 amide bonds. The van der Waals surface area contributed by atoms with Crippen molar-refractivity contribution in [3.8, 4) is 0 Å². The number of aliphatic hydroxyl groups is 1. The molecule has 14 atom stereocenters. The van der Waals surface area contributed by atoms with Gasteiger partial charge < -0.3 is 33.7 Å². The number of nitrogens with zero attached hydrogens (tertiary/aromatic N) is 5. The topological polar surface area (TPSA) is 232 Å². The predicted octanol–water partition coefficient (Wildman–Crippen LogP) is 4.21. The Labute approximate surface area is 388 Å². The van der Waals surface area contributed by atoms with Gasteiger partial charge in [-0.1, -0.05) is 45.0 Å². The standard InChI is InChI=1S/C46H71FN6O12S/c1-12-37-46(8)23-36(53(48)44(58)65-46)28(4)38(54)26(2)17-19-45(7,61-10)41(29(5)39(55)30(6)42(57)63-37)64-43-40(56)35(21-27(3)62-43)51(9)20-18-32-25-52(50-49-32)33(24-47)22-31-13-15-34(16-14-31)66(11,59)60/h13-16,25-30,33,35-37,40-41,43,56H,12,17-24,48H2,1-11H3/t26-,27-,28-,29+,30-,33+,35+,36+,37-,40-,41-,43+,45-,46+/m1/s1. The molecule has 66 heavy (non-hydrogen) atoms. The van der Waals surface area contributed by atoms with Crippen LogP contribution in [-0.4, -0.2) is 150 Å². The second-order valence-corrected chi connectivity index (χ2v) is 21.3. The van der Waals surface area contributed by atoms with Crippen LogP contribution in [0.15, 0.2) is 35.4 Å². The van der Waals surface area contributed by atoms with Crippen molar-refractivity contribution < 1.29 is 60.8 Å². The summed E-state index contributed by atoms with van der Waals surface area (Å²) >= 11 is 0. The number of alkyl halides is 1. The number of likely N-dealkylation sites (N-methyl/N-ethyl adjacent to an activating group) is 1. The molecule has 3 aliphatic heterocycles. The fourth-order valence-electron chi connectivity index (χ4n) is 9.68. The van der Waals surface area contributed by atoms with Crippen LogP contribution in [0.5, 0.6) is 0 Å². The van der Waals surface area contributed by atoms with Gasteiger partial charge in [-0.25, -0.2) is 33.1 Å². The van der Waals surface area contributed by atoms with Crippen molar-refractivity contribution in [3.63, 3.8) is 0 Å². The van der Waals surface area contributed by atoms with E-state index >= 15 is 0 Å². The van der Waals surface area contributed by atoms with Crippen molar-refractivity contribution in [2.24, 2.45) is 29.5 Å². The SMILES string of the molecule is CC[C@H]1OC(=O)[C@H](C)C(=O)[C@H](C)[C@@H](O[C@@H]2O[C@H](C)C[C@H](N(C)CCc3cn([C@H](CF)Cc4ccc(S(C)(=O)=O)cc4)nn3)[C@H]2O)[C@](C)(OC)CC[C@@H](C)C(=O)[C@H](C)[C@@H]2C[C@]1(C)OC(=O)N2N. The van der Waals surface area contributed by atoms with Crippen LogP contribution in [0.1, 0.15) is 105 Å². The van der Waals surface area contributed by atoms with Crippen molar-refractivity contribution in [1.82, 2.24) is 24.9 Å². The molecule has 20 heteroatoms. The molecule has 0 aliphatic carbocycles. The number of sulfone groups is 1. The largest absolute Gasteiger partial charge is 0.458 e. The zero-order valence-corrected chi connectivity index (χ0v) is 41.0. The zero-order valence-electron chi connectivity index (χ0n) is 40.2. The molecule has 3 N–H and O–H groups in total. The molecule has 3 fully saturated rings. The lowest BCUT2D eigenvalue weighted by atomic mass is 9.76. The highest BCUT2D eigenvalue weighted by Gasteiger charge is 2.53. The van der Waals surface area contributed by atoms with Gasteiger partial charge in [0.05, 0.1) is 40.5 Å². The number of hydrogen-bond donors (Lipinski definition) is 2. The fraction of sp³-hybridized carbons (Fsp3) is 0.739. The van der Waals surface area contributed by atoms with E-state index in [4.69, 9.17) is 29.5 Å². The summed E-state index contributed by atoms with van der Waals surface area (Å²) in [5, 5.41) is 21.4. The summed E-state index contributed by atoms with van der Waals surface area (Å²) in [7, 11) is -0.0357. The minimum absolute atomic E-state index is 0.112. The number of hydrogen-bond acceptors (Lipinski definition) is 16. The number of fused-ring (bicyclic) bond motifs is 2. The number of cyclic esters (lactones) is 1. The van der Waals surface area contributed by atoms with E-state index in [1.54, 1.807) is 59.9 Å². The second-order valence-electron chi connectivity index (χ2n) is 19.3. The molecule has 370 valence electrons. The molecule has 5 rings (SSSR count). The van der Waals surface area contributed by atoms with Crippen LogP contribution in [0.3, 0.4) is 0 Å². The summed E-state index contributed by atoms with van der Waals surface area (Å²) in [6, 6.07) is 4.41. The number of esters is 1. The van der Waals surface area contributed by atoms with Gasteiger partial charge in [0, 0.05) is 62.7 Å². The summed E-state index contributed by atoms with van der Waals surface area (Å²) in [4.78, 5) is 57.6. The van der Waals surface area contributed by atoms with Gasteiger partial charge in [-0.3, -0.25) is 14.4 Å². The van der Waals surface area contributed by atoms with Gasteiger partial charge in [-0.2, -0.15) is 0 Å². The first-order chi connectivity index (χ1) is 30.9. The van der Waals surface area contributed by atoms with E-state index < -0.39 is 118 Å². The number of ether oxygens (including phenoxy) is 5. The third kappa shape index (κ3) is 11.8. The number of nitrogens with two attached hydrogens (primary N) is 1. The van der Waals surface area contributed by atoms with Crippen LogP contribution in [0.2, 0.25) is 0 Å². The van der Waals surface area contributed by atoms with Crippen molar-refractivity contribution >= 4 is 33.5 Å². The number of carbonyl (C=O) groups is 4. The number of rotatable bonds is 13. The molecular weight excluding hydrogens is 880 g/mol. The maximum Gasteiger partial charge on any atom is 0.425 e. The summed E-state index contributed by atoms with van der Waals surface area (Å²) < 4.78 is 70.4. The molecule has 1 aromatic carbocycles. The molecule has 2 bridgehead atoms. The van der Waals surface area contributed by atoms with Crippen LogP contribution in [0, 0.1) is 23.7 Å². The van der Waals surface area contributed by atoms with E-state index in [1.807, 2.05) is 18.9 Å². The van der Waals surface area contributed by atoms with E-state index in [9.17, 15) is 37.1 Å². The Balaban J connectivity index is 1.34. The van der Waals surface area contributed by atoms with Crippen molar-refractivity contribution in [1.29, 1.82) is 0 Å². The minimum Gasteiger partial charge on any atom is -0.458 e. The molecule has 0 radical (unpaired) electrons. The van der Waals surface area contributed by atoms with E-state index in [2.05, 4.69) is 10.3 Å². The number of Topliss-reactive ketones (excluding diaryl/α,β-unsaturated/α-hetero) is 2. The van der Waals surface area contributed by atoms with Crippen LogP contribution >= 0.6 is 0 Å². The molecule has 0 saturated carbocycles. The second kappa shape index (κ2) is 21.6. The summed E-state index contributed by atoms with van der Waals surface area (Å²) in [6.45, 7) is 13.3. The molecule has 0 unspecified atom stereocenters. The van der Waals surface area contributed by atoms with Gasteiger partial charge in [-0.15, -0.1) is 5.10 Å². The molecule has 1 aromatic heterocycles.